The Hall–Kier alpha value is -2.56. The second kappa shape index (κ2) is 9.93. The molecule has 7 nitrogen and oxygen atoms in total. The third-order valence-corrected chi connectivity index (χ3v) is 7.22. The Balaban J connectivity index is 1.54. The molecule has 1 aliphatic heterocycles. The summed E-state index contributed by atoms with van der Waals surface area (Å²) >= 11 is 0. The molecule has 2 fully saturated rings. The van der Waals surface area contributed by atoms with Gasteiger partial charge in [0.05, 0.1) is 11.5 Å². The Morgan fingerprint density at radius 2 is 1.72 bits per heavy atom. The summed E-state index contributed by atoms with van der Waals surface area (Å²) in [5.41, 5.74) is 0.437. The summed E-state index contributed by atoms with van der Waals surface area (Å²) in [6.07, 6.45) is 1.51. The van der Waals surface area contributed by atoms with Gasteiger partial charge in [0.25, 0.3) is 5.91 Å². The number of benzene rings is 1. The molecule has 1 atom stereocenters. The van der Waals surface area contributed by atoms with Gasteiger partial charge in [-0.3, -0.25) is 4.79 Å². The van der Waals surface area contributed by atoms with Gasteiger partial charge in [0.1, 0.15) is 5.75 Å². The van der Waals surface area contributed by atoms with Gasteiger partial charge in [-0.1, -0.05) is 25.0 Å². The third-order valence-electron chi connectivity index (χ3n) is 5.47. The predicted octanol–water partition coefficient (Wildman–Crippen LogP) is 3.10. The number of carbonyl (C=O) groups is 2. The molecule has 0 radical (unpaired) electrons. The number of nitrogens with zero attached hydrogens (tertiary/aromatic N) is 1. The molecule has 1 aromatic carbocycles. The lowest BCUT2D eigenvalue weighted by atomic mass is 10.1. The van der Waals surface area contributed by atoms with E-state index in [1.807, 2.05) is 0 Å². The van der Waals surface area contributed by atoms with Crippen molar-refractivity contribution in [3.63, 3.8) is 0 Å². The highest BCUT2D eigenvalue weighted by Gasteiger charge is 2.39. The number of alkyl halides is 3. The molecule has 32 heavy (non-hydrogen) atoms. The molecule has 1 saturated heterocycles. The van der Waals surface area contributed by atoms with Gasteiger partial charge in [-0.05, 0) is 43.0 Å². The van der Waals surface area contributed by atoms with E-state index in [1.165, 1.54) is 18.2 Å². The van der Waals surface area contributed by atoms with Gasteiger partial charge >= 0.3 is 12.3 Å². The van der Waals surface area contributed by atoms with Crippen molar-refractivity contribution in [2.75, 3.05) is 18.1 Å². The monoisotopic (exact) mass is 475 g/mol. The molecule has 0 N–H and O–H groups in total. The van der Waals surface area contributed by atoms with E-state index in [0.29, 0.717) is 12.0 Å². The molecule has 1 saturated carbocycles. The topological polar surface area (TPSA) is 90.0 Å². The Labute approximate surface area is 184 Å². The van der Waals surface area contributed by atoms with Crippen molar-refractivity contribution in [3.05, 3.63) is 35.9 Å². The Kier molecular flexibility index (Phi) is 7.47. The lowest BCUT2D eigenvalue weighted by Crippen LogP contribution is -2.48. The van der Waals surface area contributed by atoms with E-state index < -0.39 is 40.7 Å². The molecule has 11 heteroatoms. The fourth-order valence-electron chi connectivity index (χ4n) is 4.08. The fourth-order valence-corrected chi connectivity index (χ4v) is 5.79. The van der Waals surface area contributed by atoms with E-state index in [9.17, 15) is 31.2 Å². The van der Waals surface area contributed by atoms with E-state index in [4.69, 9.17) is 4.74 Å². The van der Waals surface area contributed by atoms with E-state index in [1.54, 1.807) is 4.90 Å². The molecule has 0 aromatic heterocycles. The molecule has 176 valence electrons. The molecule has 1 heterocycles. The minimum Gasteiger partial charge on any atom is -0.452 e. The first-order valence-electron chi connectivity index (χ1n) is 10.2. The number of carbonyl (C=O) groups excluding carboxylic acids is 2. The molecular weight excluding hydrogens is 451 g/mol. The van der Waals surface area contributed by atoms with Crippen LogP contribution in [0.5, 0.6) is 5.75 Å². The van der Waals surface area contributed by atoms with Crippen LogP contribution in [-0.4, -0.2) is 61.8 Å². The zero-order valence-corrected chi connectivity index (χ0v) is 18.0. The van der Waals surface area contributed by atoms with E-state index >= 15 is 0 Å². The predicted molar refractivity (Wildman–Crippen MR) is 109 cm³/mol. The minimum atomic E-state index is -4.79. The molecule has 2 aliphatic rings. The molecule has 1 aliphatic carbocycles. The summed E-state index contributed by atoms with van der Waals surface area (Å²) in [6.45, 7) is -0.505. The van der Waals surface area contributed by atoms with Gasteiger partial charge in [-0.25, -0.2) is 13.2 Å². The number of rotatable bonds is 7. The van der Waals surface area contributed by atoms with Crippen LogP contribution in [0.1, 0.15) is 37.7 Å². The maximum absolute atomic E-state index is 12.8. The lowest BCUT2D eigenvalue weighted by molar-refractivity contribution is -0.274. The highest BCUT2D eigenvalue weighted by Crippen LogP contribution is 2.29. The van der Waals surface area contributed by atoms with Crippen LogP contribution >= 0.6 is 0 Å². The summed E-state index contributed by atoms with van der Waals surface area (Å²) in [5.74, 6) is -1.63. The number of halogens is 3. The summed E-state index contributed by atoms with van der Waals surface area (Å²) in [5, 5.41) is 0. The summed E-state index contributed by atoms with van der Waals surface area (Å²) in [7, 11) is -3.17. The van der Waals surface area contributed by atoms with E-state index in [-0.39, 0.29) is 23.3 Å². The van der Waals surface area contributed by atoms with Crippen molar-refractivity contribution in [2.24, 2.45) is 0 Å². The normalized spacial score (nSPS) is 21.0. The van der Waals surface area contributed by atoms with Crippen molar-refractivity contribution in [1.29, 1.82) is 0 Å². The van der Waals surface area contributed by atoms with Crippen LogP contribution in [0.25, 0.3) is 6.08 Å². The van der Waals surface area contributed by atoms with Crippen LogP contribution in [0.15, 0.2) is 30.3 Å². The molecule has 0 bridgehead atoms. The summed E-state index contributed by atoms with van der Waals surface area (Å²) in [6, 6.07) is 4.43. The molecule has 0 spiro atoms. The number of hydrogen-bond donors (Lipinski definition) is 0. The number of sulfone groups is 1. The Morgan fingerprint density at radius 3 is 2.28 bits per heavy atom. The number of esters is 1. The van der Waals surface area contributed by atoms with Crippen LogP contribution in [0.2, 0.25) is 0 Å². The van der Waals surface area contributed by atoms with Crippen LogP contribution in [0.4, 0.5) is 13.2 Å². The van der Waals surface area contributed by atoms with Gasteiger partial charge < -0.3 is 14.4 Å². The van der Waals surface area contributed by atoms with Gasteiger partial charge in [-0.15, -0.1) is 13.2 Å². The third kappa shape index (κ3) is 6.98. The SMILES string of the molecule is O=C(/C=C/c1ccc(OC(F)(F)F)cc1)OCC(=O)N(C1CCCC1)C1CCS(=O)(=O)C1. The average molecular weight is 475 g/mol. The van der Waals surface area contributed by atoms with Crippen molar-refractivity contribution in [2.45, 2.75) is 50.6 Å². The highest BCUT2D eigenvalue weighted by molar-refractivity contribution is 7.91. The van der Waals surface area contributed by atoms with Gasteiger partial charge in [0.15, 0.2) is 16.4 Å². The van der Waals surface area contributed by atoms with Crippen molar-refractivity contribution < 1.29 is 40.7 Å². The molecule has 1 amide bonds. The molecular formula is C21H24F3NO6S. The van der Waals surface area contributed by atoms with Crippen molar-refractivity contribution >= 4 is 27.8 Å². The van der Waals surface area contributed by atoms with E-state index in [0.717, 1.165) is 43.9 Å². The maximum Gasteiger partial charge on any atom is 0.573 e. The molecule has 3 rings (SSSR count). The zero-order valence-electron chi connectivity index (χ0n) is 17.2. The standard InChI is InChI=1S/C21H24F3NO6S/c22-21(23,24)31-18-8-5-15(6-9-18)7-10-20(27)30-13-19(26)25(16-3-1-2-4-16)17-11-12-32(28,29)14-17/h5-10,16-17H,1-4,11-14H2/b10-7+. The Morgan fingerprint density at radius 1 is 1.06 bits per heavy atom. The fraction of sp³-hybridized carbons (Fsp3) is 0.524. The smallest absolute Gasteiger partial charge is 0.452 e. The first-order valence-corrected chi connectivity index (χ1v) is 12.1. The van der Waals surface area contributed by atoms with Crippen LogP contribution in [0, 0.1) is 0 Å². The number of amides is 1. The first-order chi connectivity index (χ1) is 15.0. The summed E-state index contributed by atoms with van der Waals surface area (Å²) in [4.78, 5) is 26.4. The highest BCUT2D eigenvalue weighted by atomic mass is 32.2. The van der Waals surface area contributed by atoms with Gasteiger partial charge in [0.2, 0.25) is 0 Å². The van der Waals surface area contributed by atoms with Gasteiger partial charge in [-0.2, -0.15) is 0 Å². The lowest BCUT2D eigenvalue weighted by Gasteiger charge is -2.33. The Bertz CT molecular complexity index is 953. The van der Waals surface area contributed by atoms with E-state index in [2.05, 4.69) is 4.74 Å². The number of hydrogen-bond acceptors (Lipinski definition) is 6. The van der Waals surface area contributed by atoms with Crippen LogP contribution in [-0.2, 0) is 24.2 Å². The molecule has 1 aromatic rings. The maximum atomic E-state index is 12.8. The van der Waals surface area contributed by atoms with Crippen LogP contribution < -0.4 is 4.74 Å². The average Bonchev–Trinajstić information content (AvgIpc) is 3.35. The first kappa shape index (κ1) is 24.1. The minimum absolute atomic E-state index is 0.0451. The van der Waals surface area contributed by atoms with Crippen molar-refractivity contribution in [3.8, 4) is 5.75 Å². The largest absolute Gasteiger partial charge is 0.573 e. The quantitative estimate of drug-likeness (QED) is 0.445. The summed E-state index contributed by atoms with van der Waals surface area (Å²) < 4.78 is 69.1. The van der Waals surface area contributed by atoms with Crippen molar-refractivity contribution in [1.82, 2.24) is 4.90 Å². The number of ether oxygens (including phenoxy) is 2. The zero-order chi connectivity index (χ0) is 23.4. The van der Waals surface area contributed by atoms with Crippen LogP contribution in [0.3, 0.4) is 0 Å². The second-order valence-corrected chi connectivity index (χ2v) is 10.1. The second-order valence-electron chi connectivity index (χ2n) is 7.85. The molecule has 1 unspecified atom stereocenters. The van der Waals surface area contributed by atoms with Gasteiger partial charge in [0, 0.05) is 18.2 Å².